The second-order valence-electron chi connectivity index (χ2n) is 5.78. The van der Waals surface area contributed by atoms with Gasteiger partial charge in [0.25, 0.3) is 0 Å². The fourth-order valence-electron chi connectivity index (χ4n) is 2.69. The van der Waals surface area contributed by atoms with Crippen LogP contribution in [0, 0.1) is 11.8 Å². The highest BCUT2D eigenvalue weighted by Gasteiger charge is 2.23. The molecule has 0 aromatic rings. The van der Waals surface area contributed by atoms with Crippen LogP contribution in [0.3, 0.4) is 0 Å². The maximum atomic E-state index is 4.75. The lowest BCUT2D eigenvalue weighted by atomic mass is 9.82. The minimum atomic E-state index is 0.693. The van der Waals surface area contributed by atoms with Gasteiger partial charge in [0.1, 0.15) is 0 Å². The van der Waals surface area contributed by atoms with Crippen LogP contribution in [-0.4, -0.2) is 25.1 Å². The van der Waals surface area contributed by atoms with Crippen molar-refractivity contribution >= 4 is 5.96 Å². The van der Waals surface area contributed by atoms with Crippen molar-refractivity contribution in [3.63, 3.8) is 0 Å². The summed E-state index contributed by atoms with van der Waals surface area (Å²) in [5.74, 6) is 2.75. The van der Waals surface area contributed by atoms with Crippen molar-refractivity contribution in [2.75, 3.05) is 13.1 Å². The summed E-state index contributed by atoms with van der Waals surface area (Å²) >= 11 is 0. The molecule has 2 fully saturated rings. The van der Waals surface area contributed by atoms with E-state index in [0.29, 0.717) is 6.04 Å². The number of hydrogen-bond acceptors (Lipinski definition) is 1. The molecule has 2 N–H and O–H groups in total. The SMILES string of the molecule is CCNC(=NCC1CCCC(C)C1)NC1CC1. The van der Waals surface area contributed by atoms with E-state index in [4.69, 9.17) is 4.99 Å². The fraction of sp³-hybridized carbons (Fsp3) is 0.929. The summed E-state index contributed by atoms with van der Waals surface area (Å²) in [5, 5.41) is 6.83. The van der Waals surface area contributed by atoms with Crippen LogP contribution in [0.2, 0.25) is 0 Å². The summed E-state index contributed by atoms with van der Waals surface area (Å²) in [5.41, 5.74) is 0. The molecular formula is C14H27N3. The van der Waals surface area contributed by atoms with E-state index in [-0.39, 0.29) is 0 Å². The van der Waals surface area contributed by atoms with Gasteiger partial charge in [0.15, 0.2) is 5.96 Å². The Morgan fingerprint density at radius 2 is 2.06 bits per heavy atom. The molecule has 2 rings (SSSR count). The maximum Gasteiger partial charge on any atom is 0.191 e. The second kappa shape index (κ2) is 6.27. The summed E-state index contributed by atoms with van der Waals surface area (Å²) < 4.78 is 0. The van der Waals surface area contributed by atoms with E-state index in [1.807, 2.05) is 0 Å². The average molecular weight is 237 g/mol. The minimum Gasteiger partial charge on any atom is -0.357 e. The molecule has 17 heavy (non-hydrogen) atoms. The van der Waals surface area contributed by atoms with Crippen molar-refractivity contribution < 1.29 is 0 Å². The molecule has 2 aliphatic rings. The Hall–Kier alpha value is -0.730. The molecule has 98 valence electrons. The van der Waals surface area contributed by atoms with Crippen LogP contribution in [0.4, 0.5) is 0 Å². The van der Waals surface area contributed by atoms with Gasteiger partial charge in [-0.2, -0.15) is 0 Å². The standard InChI is InChI=1S/C14H27N3/c1-3-15-14(17-13-7-8-13)16-10-12-6-4-5-11(2)9-12/h11-13H,3-10H2,1-2H3,(H2,15,16,17). The van der Waals surface area contributed by atoms with Gasteiger partial charge in [0.05, 0.1) is 0 Å². The first kappa shape index (κ1) is 12.7. The Labute approximate surface area is 105 Å². The molecule has 0 saturated heterocycles. The van der Waals surface area contributed by atoms with Crippen molar-refractivity contribution in [1.29, 1.82) is 0 Å². The smallest absolute Gasteiger partial charge is 0.191 e. The zero-order valence-electron chi connectivity index (χ0n) is 11.3. The number of nitrogens with one attached hydrogen (secondary N) is 2. The van der Waals surface area contributed by atoms with Gasteiger partial charge in [-0.1, -0.05) is 19.8 Å². The van der Waals surface area contributed by atoms with Crippen LogP contribution in [0.15, 0.2) is 4.99 Å². The molecule has 0 aromatic carbocycles. The van der Waals surface area contributed by atoms with Crippen molar-refractivity contribution in [2.45, 2.75) is 58.4 Å². The van der Waals surface area contributed by atoms with E-state index in [1.54, 1.807) is 0 Å². The lowest BCUT2D eigenvalue weighted by molar-refractivity contribution is 0.289. The van der Waals surface area contributed by atoms with E-state index >= 15 is 0 Å². The lowest BCUT2D eigenvalue weighted by Crippen LogP contribution is -2.39. The van der Waals surface area contributed by atoms with Crippen molar-refractivity contribution in [1.82, 2.24) is 10.6 Å². The number of nitrogens with zero attached hydrogens (tertiary/aromatic N) is 1. The topological polar surface area (TPSA) is 36.4 Å². The summed E-state index contributed by atoms with van der Waals surface area (Å²) in [6.07, 6.45) is 8.17. The monoisotopic (exact) mass is 237 g/mol. The van der Waals surface area contributed by atoms with E-state index < -0.39 is 0 Å². The van der Waals surface area contributed by atoms with Gasteiger partial charge in [-0.3, -0.25) is 4.99 Å². The molecule has 0 spiro atoms. The highest BCUT2D eigenvalue weighted by molar-refractivity contribution is 5.80. The molecule has 0 amide bonds. The number of guanidine groups is 1. The largest absolute Gasteiger partial charge is 0.357 e. The Morgan fingerprint density at radius 1 is 1.24 bits per heavy atom. The van der Waals surface area contributed by atoms with Crippen LogP contribution < -0.4 is 10.6 Å². The third kappa shape index (κ3) is 4.57. The van der Waals surface area contributed by atoms with E-state index in [2.05, 4.69) is 24.5 Å². The molecule has 0 bridgehead atoms. The minimum absolute atomic E-state index is 0.693. The molecule has 0 radical (unpaired) electrons. The van der Waals surface area contributed by atoms with Crippen molar-refractivity contribution in [2.24, 2.45) is 16.8 Å². The summed E-state index contributed by atoms with van der Waals surface area (Å²) in [6, 6.07) is 0.693. The molecule has 0 aromatic heterocycles. The molecule has 2 aliphatic carbocycles. The van der Waals surface area contributed by atoms with Crippen LogP contribution in [0.5, 0.6) is 0 Å². The van der Waals surface area contributed by atoms with Crippen molar-refractivity contribution in [3.05, 3.63) is 0 Å². The third-order valence-electron chi connectivity index (χ3n) is 3.82. The molecule has 0 aliphatic heterocycles. The Kier molecular flexibility index (Phi) is 4.69. The number of hydrogen-bond donors (Lipinski definition) is 2. The molecule has 0 heterocycles. The van der Waals surface area contributed by atoms with Crippen LogP contribution in [0.25, 0.3) is 0 Å². The van der Waals surface area contributed by atoms with Crippen molar-refractivity contribution in [3.8, 4) is 0 Å². The van der Waals surface area contributed by atoms with Gasteiger partial charge >= 0.3 is 0 Å². The van der Waals surface area contributed by atoms with Gasteiger partial charge in [0.2, 0.25) is 0 Å². The summed E-state index contributed by atoms with van der Waals surface area (Å²) in [7, 11) is 0. The predicted octanol–water partition coefficient (Wildman–Crippen LogP) is 2.53. The van der Waals surface area contributed by atoms with E-state index in [1.165, 1.54) is 38.5 Å². The molecule has 3 heteroatoms. The molecule has 2 unspecified atom stereocenters. The Morgan fingerprint density at radius 3 is 2.71 bits per heavy atom. The molecule has 3 nitrogen and oxygen atoms in total. The Balaban J connectivity index is 1.77. The van der Waals surface area contributed by atoms with Gasteiger partial charge < -0.3 is 10.6 Å². The van der Waals surface area contributed by atoms with Gasteiger partial charge in [-0.05, 0) is 44.4 Å². The van der Waals surface area contributed by atoms with Gasteiger partial charge in [-0.25, -0.2) is 0 Å². The third-order valence-corrected chi connectivity index (χ3v) is 3.82. The van der Waals surface area contributed by atoms with Gasteiger partial charge in [0, 0.05) is 19.1 Å². The Bertz CT molecular complexity index is 258. The summed E-state index contributed by atoms with van der Waals surface area (Å²) in [4.78, 5) is 4.75. The first-order valence-corrected chi connectivity index (χ1v) is 7.32. The zero-order valence-corrected chi connectivity index (χ0v) is 11.3. The maximum absolute atomic E-state index is 4.75. The fourth-order valence-corrected chi connectivity index (χ4v) is 2.69. The van der Waals surface area contributed by atoms with Crippen LogP contribution >= 0.6 is 0 Å². The molecule has 2 atom stereocenters. The number of aliphatic imine (C=N–C) groups is 1. The summed E-state index contributed by atoms with van der Waals surface area (Å²) in [6.45, 7) is 6.47. The average Bonchev–Trinajstić information content (AvgIpc) is 3.10. The van der Waals surface area contributed by atoms with E-state index in [9.17, 15) is 0 Å². The van der Waals surface area contributed by atoms with Gasteiger partial charge in [-0.15, -0.1) is 0 Å². The number of rotatable bonds is 4. The first-order valence-electron chi connectivity index (χ1n) is 7.32. The highest BCUT2D eigenvalue weighted by atomic mass is 15.2. The predicted molar refractivity (Wildman–Crippen MR) is 73.3 cm³/mol. The van der Waals surface area contributed by atoms with Crippen LogP contribution in [-0.2, 0) is 0 Å². The zero-order chi connectivity index (χ0) is 12.1. The van der Waals surface area contributed by atoms with Crippen LogP contribution in [0.1, 0.15) is 52.4 Å². The highest BCUT2D eigenvalue weighted by Crippen LogP contribution is 2.28. The normalized spacial score (nSPS) is 30.1. The lowest BCUT2D eigenvalue weighted by Gasteiger charge is -2.25. The molecular weight excluding hydrogens is 210 g/mol. The molecule has 2 saturated carbocycles. The quantitative estimate of drug-likeness (QED) is 0.582. The van der Waals surface area contributed by atoms with E-state index in [0.717, 1.165) is 30.9 Å². The first-order chi connectivity index (χ1) is 8.28. The second-order valence-corrected chi connectivity index (χ2v) is 5.78.